The quantitative estimate of drug-likeness (QED) is 0.602. The fourth-order valence-electron chi connectivity index (χ4n) is 3.24. The Kier molecular flexibility index (Phi) is 8.93. The second kappa shape index (κ2) is 11.2. The van der Waals surface area contributed by atoms with Crippen LogP contribution >= 0.6 is 11.6 Å². The van der Waals surface area contributed by atoms with Gasteiger partial charge in [0.25, 0.3) is 5.91 Å². The number of amides is 2. The molecule has 2 aromatic rings. The van der Waals surface area contributed by atoms with Gasteiger partial charge in [-0.25, -0.2) is 0 Å². The Hall–Kier alpha value is -2.53. The highest BCUT2D eigenvalue weighted by atomic mass is 35.5. The van der Waals surface area contributed by atoms with E-state index in [1.54, 1.807) is 24.0 Å². The molecule has 0 fully saturated rings. The molecule has 0 aromatic heterocycles. The predicted octanol–water partition coefficient (Wildman–Crippen LogP) is 4.83. The molecule has 0 spiro atoms. The maximum atomic E-state index is 13.2. The van der Waals surface area contributed by atoms with Crippen molar-refractivity contribution in [2.45, 2.75) is 54.1 Å². The minimum atomic E-state index is -0.644. The number of carbonyl (C=O) groups excluding carboxylic acids is 2. The van der Waals surface area contributed by atoms with Crippen molar-refractivity contribution in [2.75, 3.05) is 13.2 Å². The molecule has 0 radical (unpaired) electrons. The summed E-state index contributed by atoms with van der Waals surface area (Å²) in [5.41, 5.74) is 4.04. The van der Waals surface area contributed by atoms with Gasteiger partial charge in [-0.1, -0.05) is 43.6 Å². The molecule has 0 heterocycles. The van der Waals surface area contributed by atoms with Crippen LogP contribution in [0.1, 0.15) is 43.0 Å². The number of aryl methyl sites for hydroxylation is 2. The zero-order valence-corrected chi connectivity index (χ0v) is 20.0. The van der Waals surface area contributed by atoms with Gasteiger partial charge in [0.05, 0.1) is 0 Å². The molecule has 1 N–H and O–H groups in total. The fraction of sp³-hybridized carbons (Fsp3) is 0.440. The van der Waals surface area contributed by atoms with Crippen molar-refractivity contribution in [3.63, 3.8) is 0 Å². The van der Waals surface area contributed by atoms with Gasteiger partial charge in [-0.05, 0) is 74.1 Å². The lowest BCUT2D eigenvalue weighted by atomic mass is 10.1. The molecule has 2 rings (SSSR count). The zero-order valence-electron chi connectivity index (χ0n) is 19.3. The first-order valence-electron chi connectivity index (χ1n) is 10.6. The molecule has 0 unspecified atom stereocenters. The zero-order chi connectivity index (χ0) is 23.1. The van der Waals surface area contributed by atoms with Crippen LogP contribution in [-0.4, -0.2) is 35.9 Å². The van der Waals surface area contributed by atoms with Crippen LogP contribution < -0.4 is 10.1 Å². The number of hydrogen-bond acceptors (Lipinski definition) is 3. The summed E-state index contributed by atoms with van der Waals surface area (Å²) in [7, 11) is 0. The summed E-state index contributed by atoms with van der Waals surface area (Å²) in [6.45, 7) is 12.5. The van der Waals surface area contributed by atoms with Gasteiger partial charge in [0.1, 0.15) is 11.8 Å². The maximum Gasteiger partial charge on any atom is 0.261 e. The average molecular weight is 445 g/mol. The molecule has 6 heteroatoms. The second-order valence-corrected chi connectivity index (χ2v) is 8.90. The van der Waals surface area contributed by atoms with Gasteiger partial charge in [-0.3, -0.25) is 9.59 Å². The molecule has 2 amide bonds. The Bertz CT molecular complexity index is 927. The van der Waals surface area contributed by atoms with Crippen molar-refractivity contribution in [1.29, 1.82) is 0 Å². The van der Waals surface area contributed by atoms with Gasteiger partial charge < -0.3 is 15.0 Å². The molecule has 0 aliphatic carbocycles. The van der Waals surface area contributed by atoms with E-state index in [-0.39, 0.29) is 25.0 Å². The minimum Gasteiger partial charge on any atom is -0.483 e. The first kappa shape index (κ1) is 24.7. The SMILES string of the molecule is Cc1cc(C)c(C)c(OCC(=O)N(Cc2cccc(Cl)c2)[C@@H](C)C(=O)NCC(C)C)c1. The third-order valence-electron chi connectivity index (χ3n) is 5.21. The second-order valence-electron chi connectivity index (χ2n) is 8.46. The van der Waals surface area contributed by atoms with E-state index in [1.165, 1.54) is 0 Å². The monoisotopic (exact) mass is 444 g/mol. The lowest BCUT2D eigenvalue weighted by Crippen LogP contribution is -2.49. The van der Waals surface area contributed by atoms with Gasteiger partial charge in [0.15, 0.2) is 6.61 Å². The Labute approximate surface area is 190 Å². The Balaban J connectivity index is 2.20. The van der Waals surface area contributed by atoms with E-state index in [0.717, 1.165) is 22.3 Å². The summed E-state index contributed by atoms with van der Waals surface area (Å²) < 4.78 is 5.88. The predicted molar refractivity (Wildman–Crippen MR) is 125 cm³/mol. The van der Waals surface area contributed by atoms with Crippen molar-refractivity contribution >= 4 is 23.4 Å². The van der Waals surface area contributed by atoms with Crippen molar-refractivity contribution in [1.82, 2.24) is 10.2 Å². The summed E-state index contributed by atoms with van der Waals surface area (Å²) in [4.78, 5) is 27.4. The topological polar surface area (TPSA) is 58.6 Å². The highest BCUT2D eigenvalue weighted by molar-refractivity contribution is 6.30. The number of rotatable bonds is 9. The molecule has 5 nitrogen and oxygen atoms in total. The summed E-state index contributed by atoms with van der Waals surface area (Å²) in [5, 5.41) is 3.50. The van der Waals surface area contributed by atoms with Crippen molar-refractivity contribution in [3.8, 4) is 5.75 Å². The van der Waals surface area contributed by atoms with Crippen LogP contribution in [0, 0.1) is 26.7 Å². The number of hydrogen-bond donors (Lipinski definition) is 1. The lowest BCUT2D eigenvalue weighted by molar-refractivity contribution is -0.142. The van der Waals surface area contributed by atoms with Crippen LogP contribution in [0.5, 0.6) is 5.75 Å². The van der Waals surface area contributed by atoms with Gasteiger partial charge in [0.2, 0.25) is 5.91 Å². The number of halogens is 1. The number of benzene rings is 2. The molecule has 0 aliphatic heterocycles. The number of carbonyl (C=O) groups is 2. The van der Waals surface area contributed by atoms with Gasteiger partial charge in [0, 0.05) is 18.1 Å². The van der Waals surface area contributed by atoms with Crippen LogP contribution in [0.25, 0.3) is 0 Å². The first-order valence-corrected chi connectivity index (χ1v) is 11.0. The van der Waals surface area contributed by atoms with E-state index >= 15 is 0 Å². The van der Waals surface area contributed by atoms with Crippen molar-refractivity contribution < 1.29 is 14.3 Å². The molecule has 0 saturated heterocycles. The number of nitrogens with one attached hydrogen (secondary N) is 1. The van der Waals surface area contributed by atoms with E-state index in [2.05, 4.69) is 11.4 Å². The Morgan fingerprint density at radius 1 is 1.10 bits per heavy atom. The largest absolute Gasteiger partial charge is 0.483 e. The maximum absolute atomic E-state index is 13.2. The van der Waals surface area contributed by atoms with Gasteiger partial charge >= 0.3 is 0 Å². The molecule has 0 aliphatic rings. The molecule has 31 heavy (non-hydrogen) atoms. The van der Waals surface area contributed by atoms with E-state index < -0.39 is 6.04 Å². The molecule has 0 saturated carbocycles. The summed E-state index contributed by atoms with van der Waals surface area (Å²) in [6, 6.07) is 10.7. The summed E-state index contributed by atoms with van der Waals surface area (Å²) >= 11 is 6.12. The Morgan fingerprint density at radius 2 is 1.81 bits per heavy atom. The first-order chi connectivity index (χ1) is 14.6. The van der Waals surface area contributed by atoms with E-state index in [9.17, 15) is 9.59 Å². The third kappa shape index (κ3) is 7.28. The molecule has 168 valence electrons. The fourth-order valence-corrected chi connectivity index (χ4v) is 3.45. The molecule has 2 aromatic carbocycles. The lowest BCUT2D eigenvalue weighted by Gasteiger charge is -2.29. The van der Waals surface area contributed by atoms with Crippen LogP contribution in [-0.2, 0) is 16.1 Å². The van der Waals surface area contributed by atoms with E-state index in [4.69, 9.17) is 16.3 Å². The highest BCUT2D eigenvalue weighted by Gasteiger charge is 2.26. The van der Waals surface area contributed by atoms with Crippen LogP contribution in [0.15, 0.2) is 36.4 Å². The van der Waals surface area contributed by atoms with Crippen molar-refractivity contribution in [2.24, 2.45) is 5.92 Å². The Morgan fingerprint density at radius 3 is 2.45 bits per heavy atom. The molecular formula is C25H33ClN2O3. The third-order valence-corrected chi connectivity index (χ3v) is 5.44. The average Bonchev–Trinajstić information content (AvgIpc) is 2.71. The number of nitrogens with zero attached hydrogens (tertiary/aromatic N) is 1. The van der Waals surface area contributed by atoms with Crippen molar-refractivity contribution in [3.05, 3.63) is 63.7 Å². The normalized spacial score (nSPS) is 11.9. The smallest absolute Gasteiger partial charge is 0.261 e. The van der Waals surface area contributed by atoms with Crippen LogP contribution in [0.3, 0.4) is 0 Å². The molecule has 1 atom stereocenters. The highest BCUT2D eigenvalue weighted by Crippen LogP contribution is 2.23. The summed E-state index contributed by atoms with van der Waals surface area (Å²) in [6.07, 6.45) is 0. The van der Waals surface area contributed by atoms with E-state index in [1.807, 2.05) is 52.8 Å². The summed E-state index contributed by atoms with van der Waals surface area (Å²) in [5.74, 6) is 0.562. The molecular weight excluding hydrogens is 412 g/mol. The minimum absolute atomic E-state index is 0.147. The number of ether oxygens (including phenoxy) is 1. The van der Waals surface area contributed by atoms with Gasteiger partial charge in [-0.2, -0.15) is 0 Å². The van der Waals surface area contributed by atoms with Crippen LogP contribution in [0.4, 0.5) is 0 Å². The van der Waals surface area contributed by atoms with Gasteiger partial charge in [-0.15, -0.1) is 0 Å². The van der Waals surface area contributed by atoms with Crippen LogP contribution in [0.2, 0.25) is 5.02 Å². The molecule has 0 bridgehead atoms. The van der Waals surface area contributed by atoms with E-state index in [0.29, 0.717) is 23.2 Å². The standard InChI is InChI=1S/C25H33ClN2O3/c1-16(2)13-27-25(30)20(6)28(14-21-8-7-9-22(26)12-21)24(29)15-31-23-11-17(3)10-18(4)19(23)5/h7-12,16,20H,13-15H2,1-6H3,(H,27,30)/t20-/m0/s1.